The number of benzene rings is 4. The van der Waals surface area contributed by atoms with Crippen molar-refractivity contribution < 1.29 is 22.2 Å². The number of fused-ring (bicyclic) bond motifs is 1. The third kappa shape index (κ3) is 5.38. The number of nitrogens with zero attached hydrogens (tertiary/aromatic N) is 1. The first-order chi connectivity index (χ1) is 17.7. The van der Waals surface area contributed by atoms with Crippen LogP contribution in [0, 0.1) is 0 Å². The minimum atomic E-state index is -4.17. The highest BCUT2D eigenvalue weighted by molar-refractivity contribution is 8.18. The van der Waals surface area contributed by atoms with E-state index in [9.17, 15) is 18.0 Å². The van der Waals surface area contributed by atoms with Gasteiger partial charge in [-0.2, -0.15) is 8.42 Å². The van der Waals surface area contributed by atoms with Crippen LogP contribution in [0.2, 0.25) is 10.0 Å². The largest absolute Gasteiger partial charge is 0.378 e. The molecule has 0 unspecified atom stereocenters. The fourth-order valence-electron chi connectivity index (χ4n) is 3.76. The van der Waals surface area contributed by atoms with Gasteiger partial charge in [0.15, 0.2) is 0 Å². The molecule has 4 aromatic carbocycles. The summed E-state index contributed by atoms with van der Waals surface area (Å²) in [5.74, 6) is -0.472. The van der Waals surface area contributed by atoms with E-state index in [2.05, 4.69) is 0 Å². The molecule has 0 bridgehead atoms. The zero-order valence-corrected chi connectivity index (χ0v) is 22.1. The van der Waals surface area contributed by atoms with Crippen LogP contribution in [0.25, 0.3) is 16.8 Å². The van der Waals surface area contributed by atoms with Crippen LogP contribution in [0.4, 0.5) is 4.79 Å². The number of thioether (sulfide) groups is 1. The van der Waals surface area contributed by atoms with Gasteiger partial charge in [-0.15, -0.1) is 0 Å². The highest BCUT2D eigenvalue weighted by Crippen LogP contribution is 2.36. The maximum atomic E-state index is 13.1. The molecule has 1 saturated heterocycles. The molecule has 1 heterocycles. The summed E-state index contributed by atoms with van der Waals surface area (Å²) in [5.41, 5.74) is 0.982. The molecule has 1 aliphatic rings. The second-order valence-electron chi connectivity index (χ2n) is 8.10. The summed E-state index contributed by atoms with van der Waals surface area (Å²) in [6.45, 7) is 0.0212. The van der Waals surface area contributed by atoms with Crippen molar-refractivity contribution in [3.8, 4) is 5.75 Å². The van der Waals surface area contributed by atoms with Crippen LogP contribution in [0.1, 0.15) is 11.1 Å². The van der Waals surface area contributed by atoms with Gasteiger partial charge in [0.2, 0.25) is 0 Å². The van der Waals surface area contributed by atoms with E-state index in [1.54, 1.807) is 48.5 Å². The summed E-state index contributed by atoms with van der Waals surface area (Å²) in [7, 11) is -4.17. The number of carbonyl (C=O) groups excluding carboxylic acids is 2. The van der Waals surface area contributed by atoms with Crippen molar-refractivity contribution in [1.29, 1.82) is 0 Å². The molecule has 0 N–H and O–H groups in total. The summed E-state index contributed by atoms with van der Waals surface area (Å²) < 4.78 is 31.6. The molecule has 1 aliphatic heterocycles. The average molecular weight is 570 g/mol. The lowest BCUT2D eigenvalue weighted by Crippen LogP contribution is -2.27. The van der Waals surface area contributed by atoms with Crippen LogP contribution >= 0.6 is 35.0 Å². The highest BCUT2D eigenvalue weighted by atomic mass is 35.5. The number of imide groups is 1. The van der Waals surface area contributed by atoms with Gasteiger partial charge in [0.1, 0.15) is 10.6 Å². The standard InChI is InChI=1S/C27H17Cl2NO5S2/c28-22-12-9-17(13-23(22)29)16-30-26(31)25(36-27(30)32)15-20-7-3-4-8-24(20)35-37(33,34)21-11-10-18-5-1-2-6-19(18)14-21/h1-15H,16H2/b25-15-. The molecule has 0 atom stereocenters. The average Bonchev–Trinajstić information content (AvgIpc) is 3.14. The van der Waals surface area contributed by atoms with E-state index >= 15 is 0 Å². The summed E-state index contributed by atoms with van der Waals surface area (Å²) in [6, 6.07) is 23.4. The van der Waals surface area contributed by atoms with Gasteiger partial charge >= 0.3 is 10.1 Å². The highest BCUT2D eigenvalue weighted by Gasteiger charge is 2.35. The molecular formula is C27H17Cl2NO5S2. The third-order valence-corrected chi connectivity index (χ3v) is 8.49. The fraction of sp³-hybridized carbons (Fsp3) is 0.0370. The van der Waals surface area contributed by atoms with Gasteiger partial charge in [0, 0.05) is 5.56 Å². The van der Waals surface area contributed by atoms with Crippen molar-refractivity contribution >= 4 is 73.1 Å². The van der Waals surface area contributed by atoms with Gasteiger partial charge in [-0.05, 0) is 64.5 Å². The normalized spacial score (nSPS) is 15.1. The lowest BCUT2D eigenvalue weighted by atomic mass is 10.1. The van der Waals surface area contributed by atoms with Gasteiger partial charge in [-0.1, -0.05) is 77.8 Å². The first-order valence-corrected chi connectivity index (χ1v) is 13.9. The minimum absolute atomic E-state index is 0.00273. The van der Waals surface area contributed by atoms with E-state index in [0.29, 0.717) is 21.2 Å². The van der Waals surface area contributed by atoms with Crippen LogP contribution in [-0.4, -0.2) is 24.5 Å². The van der Waals surface area contributed by atoms with Crippen molar-refractivity contribution in [2.24, 2.45) is 0 Å². The SMILES string of the molecule is O=C1S/C(=C\c2ccccc2OS(=O)(=O)c2ccc3ccccc3c2)C(=O)N1Cc1ccc(Cl)c(Cl)c1. The van der Waals surface area contributed by atoms with Crippen LogP contribution in [-0.2, 0) is 21.5 Å². The molecule has 0 aliphatic carbocycles. The van der Waals surface area contributed by atoms with E-state index in [-0.39, 0.29) is 22.1 Å². The summed E-state index contributed by atoms with van der Waals surface area (Å²) in [4.78, 5) is 26.8. The van der Waals surface area contributed by atoms with Crippen molar-refractivity contribution in [3.05, 3.63) is 111 Å². The Labute approximate surface area is 227 Å². The van der Waals surface area contributed by atoms with Gasteiger partial charge in [-0.25, -0.2) is 0 Å². The molecule has 0 radical (unpaired) electrons. The molecule has 1 fully saturated rings. The summed E-state index contributed by atoms with van der Waals surface area (Å²) in [6.07, 6.45) is 1.45. The number of hydrogen-bond donors (Lipinski definition) is 0. The molecular weight excluding hydrogens is 553 g/mol. The van der Waals surface area contributed by atoms with Crippen LogP contribution in [0.5, 0.6) is 5.75 Å². The molecule has 186 valence electrons. The van der Waals surface area contributed by atoms with Crippen LogP contribution in [0.3, 0.4) is 0 Å². The van der Waals surface area contributed by atoms with Gasteiger partial charge < -0.3 is 4.18 Å². The number of hydrogen-bond acceptors (Lipinski definition) is 6. The molecule has 5 rings (SSSR count). The van der Waals surface area contributed by atoms with Gasteiger partial charge in [0.25, 0.3) is 11.1 Å². The Bertz CT molecular complexity index is 1700. The van der Waals surface area contributed by atoms with Gasteiger partial charge in [0.05, 0.1) is 21.5 Å². The number of halogens is 2. The molecule has 2 amide bonds. The van der Waals surface area contributed by atoms with E-state index in [0.717, 1.165) is 27.4 Å². The van der Waals surface area contributed by atoms with Gasteiger partial charge in [-0.3, -0.25) is 14.5 Å². The monoisotopic (exact) mass is 569 g/mol. The molecule has 4 aromatic rings. The van der Waals surface area contributed by atoms with Crippen molar-refractivity contribution in [2.75, 3.05) is 0 Å². The molecule has 37 heavy (non-hydrogen) atoms. The Morgan fingerprint density at radius 1 is 0.838 bits per heavy atom. The summed E-state index contributed by atoms with van der Waals surface area (Å²) >= 11 is 12.8. The number of amides is 2. The van der Waals surface area contributed by atoms with Crippen LogP contribution in [0.15, 0.2) is 94.7 Å². The molecule has 0 spiro atoms. The maximum absolute atomic E-state index is 13.1. The van der Waals surface area contributed by atoms with Crippen molar-refractivity contribution in [3.63, 3.8) is 0 Å². The first-order valence-electron chi connectivity index (χ1n) is 10.9. The predicted octanol–water partition coefficient (Wildman–Crippen LogP) is 7.15. The first kappa shape index (κ1) is 25.4. The quantitative estimate of drug-likeness (QED) is 0.181. The second-order valence-corrected chi connectivity index (χ2v) is 11.5. The topological polar surface area (TPSA) is 80.8 Å². The minimum Gasteiger partial charge on any atom is -0.378 e. The van der Waals surface area contributed by atoms with Crippen molar-refractivity contribution in [1.82, 2.24) is 4.90 Å². The Kier molecular flexibility index (Phi) is 7.00. The van der Waals surface area contributed by atoms with E-state index < -0.39 is 21.3 Å². The van der Waals surface area contributed by atoms with E-state index in [4.69, 9.17) is 27.4 Å². The van der Waals surface area contributed by atoms with Crippen molar-refractivity contribution in [2.45, 2.75) is 11.4 Å². The van der Waals surface area contributed by atoms with E-state index in [1.165, 1.54) is 18.2 Å². The number of carbonyl (C=O) groups is 2. The summed E-state index contributed by atoms with van der Waals surface area (Å²) in [5, 5.41) is 1.90. The Morgan fingerprint density at radius 3 is 2.35 bits per heavy atom. The third-order valence-electron chi connectivity index (χ3n) is 5.61. The Morgan fingerprint density at radius 2 is 1.57 bits per heavy atom. The lowest BCUT2D eigenvalue weighted by Gasteiger charge is -2.13. The zero-order chi connectivity index (χ0) is 26.2. The molecule has 0 saturated carbocycles. The zero-order valence-electron chi connectivity index (χ0n) is 18.9. The Balaban J connectivity index is 1.40. The fourth-order valence-corrected chi connectivity index (χ4v) is 5.90. The molecule has 10 heteroatoms. The van der Waals surface area contributed by atoms with Crippen LogP contribution < -0.4 is 4.18 Å². The number of rotatable bonds is 6. The number of para-hydroxylation sites is 1. The predicted molar refractivity (Wildman–Crippen MR) is 146 cm³/mol. The maximum Gasteiger partial charge on any atom is 0.339 e. The second kappa shape index (κ2) is 10.2. The van der Waals surface area contributed by atoms with E-state index in [1.807, 2.05) is 24.3 Å². The smallest absolute Gasteiger partial charge is 0.339 e. The Hall–Kier alpha value is -3.30. The molecule has 0 aromatic heterocycles. The lowest BCUT2D eigenvalue weighted by molar-refractivity contribution is -0.123. The molecule has 6 nitrogen and oxygen atoms in total.